The van der Waals surface area contributed by atoms with E-state index in [9.17, 15) is 27.6 Å². The van der Waals surface area contributed by atoms with Crippen molar-refractivity contribution in [2.45, 2.75) is 31.3 Å². The summed E-state index contributed by atoms with van der Waals surface area (Å²) in [4.78, 5) is 38.6. The maximum absolute atomic E-state index is 13.0. The third kappa shape index (κ3) is 3.49. The molecule has 0 aromatic heterocycles. The first-order chi connectivity index (χ1) is 14.2. The molecular weight excluding hydrogens is 425 g/mol. The molecule has 6 nitrogen and oxygen atoms in total. The number of fused-ring (bicyclic) bond motifs is 1. The summed E-state index contributed by atoms with van der Waals surface area (Å²) >= 11 is 5.94. The maximum atomic E-state index is 13.0. The molecule has 0 saturated carbocycles. The van der Waals surface area contributed by atoms with Crippen LogP contribution in [-0.2, 0) is 20.5 Å². The molecule has 2 aromatic rings. The highest BCUT2D eigenvalue weighted by Crippen LogP contribution is 2.39. The van der Waals surface area contributed by atoms with Gasteiger partial charge in [-0.15, -0.1) is 0 Å². The molecule has 1 unspecified atom stereocenters. The van der Waals surface area contributed by atoms with E-state index in [1.807, 2.05) is 0 Å². The van der Waals surface area contributed by atoms with Crippen molar-refractivity contribution in [3.8, 4) is 0 Å². The first kappa shape index (κ1) is 20.2. The number of nitrogens with one attached hydrogen (secondary N) is 1. The summed E-state index contributed by atoms with van der Waals surface area (Å²) in [6.45, 7) is 0. The van der Waals surface area contributed by atoms with Gasteiger partial charge in [-0.2, -0.15) is 13.2 Å². The molecule has 2 aliphatic heterocycles. The fourth-order valence-corrected chi connectivity index (χ4v) is 3.77. The summed E-state index contributed by atoms with van der Waals surface area (Å²) in [6, 6.07) is 8.02. The third-order valence-corrected chi connectivity index (χ3v) is 5.36. The van der Waals surface area contributed by atoms with E-state index in [4.69, 9.17) is 16.3 Å². The van der Waals surface area contributed by atoms with E-state index in [1.54, 1.807) is 24.3 Å². The van der Waals surface area contributed by atoms with E-state index in [0.717, 1.165) is 23.1 Å². The number of amides is 2. The van der Waals surface area contributed by atoms with Crippen molar-refractivity contribution >= 4 is 35.1 Å². The second-order valence-electron chi connectivity index (χ2n) is 6.88. The molecule has 2 aliphatic rings. The predicted octanol–water partition coefficient (Wildman–Crippen LogP) is 4.16. The Bertz CT molecular complexity index is 1060. The lowest BCUT2D eigenvalue weighted by Crippen LogP contribution is -2.43. The maximum Gasteiger partial charge on any atom is 0.416 e. The number of esters is 1. The largest absolute Gasteiger partial charge is 0.433 e. The first-order valence-electron chi connectivity index (χ1n) is 8.95. The highest BCUT2D eigenvalue weighted by Gasteiger charge is 2.46. The van der Waals surface area contributed by atoms with Crippen molar-refractivity contribution in [3.63, 3.8) is 0 Å². The standard InChI is InChI=1S/C20H14ClF3N2O4/c21-13-6-5-10(20(22,23)24)9-14(13)25-17(28)15-7-8-16(27)26(15)18-11-3-1-2-4-12(11)19(29)30-18/h1-6,9,15,18H,7-8H2,(H,25,28)/t15-,18?/m0/s1. The number of carbonyl (C=O) groups excluding carboxylic acids is 3. The number of benzene rings is 2. The Hall–Kier alpha value is -3.07. The van der Waals surface area contributed by atoms with Crippen LogP contribution >= 0.6 is 11.6 Å². The van der Waals surface area contributed by atoms with Gasteiger partial charge in [-0.05, 0) is 30.7 Å². The number of hydrogen-bond donors (Lipinski definition) is 1. The minimum absolute atomic E-state index is 0.0324. The fourth-order valence-electron chi connectivity index (χ4n) is 3.60. The smallest absolute Gasteiger partial charge is 0.416 e. The minimum Gasteiger partial charge on any atom is -0.433 e. The second kappa shape index (κ2) is 7.32. The quantitative estimate of drug-likeness (QED) is 0.730. The monoisotopic (exact) mass is 438 g/mol. The van der Waals surface area contributed by atoms with Crippen LogP contribution in [0.3, 0.4) is 0 Å². The predicted molar refractivity (Wildman–Crippen MR) is 99.6 cm³/mol. The van der Waals surface area contributed by atoms with Crippen molar-refractivity contribution in [1.29, 1.82) is 0 Å². The SMILES string of the molecule is O=C1OC(N2C(=O)CC[C@H]2C(=O)Nc2cc(C(F)(F)F)ccc2Cl)c2ccccc21. The van der Waals surface area contributed by atoms with Crippen LogP contribution in [0.25, 0.3) is 0 Å². The molecule has 2 aromatic carbocycles. The van der Waals surface area contributed by atoms with Crippen LogP contribution < -0.4 is 5.32 Å². The summed E-state index contributed by atoms with van der Waals surface area (Å²) in [6.07, 6.45) is -5.53. The molecule has 2 atom stereocenters. The van der Waals surface area contributed by atoms with Crippen LogP contribution in [0.1, 0.15) is 40.6 Å². The average molecular weight is 439 g/mol. The number of anilines is 1. The van der Waals surface area contributed by atoms with Crippen LogP contribution in [0, 0.1) is 0 Å². The van der Waals surface area contributed by atoms with Gasteiger partial charge in [-0.1, -0.05) is 29.8 Å². The molecule has 2 amide bonds. The molecule has 0 bridgehead atoms. The zero-order valence-electron chi connectivity index (χ0n) is 15.2. The molecular formula is C20H14ClF3N2O4. The summed E-state index contributed by atoms with van der Waals surface area (Å²) in [7, 11) is 0. The lowest BCUT2D eigenvalue weighted by Gasteiger charge is -2.29. The molecule has 0 spiro atoms. The Morgan fingerprint density at radius 3 is 2.63 bits per heavy atom. The first-order valence-corrected chi connectivity index (χ1v) is 9.33. The molecule has 1 N–H and O–H groups in total. The van der Waals surface area contributed by atoms with Gasteiger partial charge in [0.25, 0.3) is 0 Å². The number of alkyl halides is 3. The van der Waals surface area contributed by atoms with E-state index in [0.29, 0.717) is 11.1 Å². The van der Waals surface area contributed by atoms with E-state index < -0.39 is 41.8 Å². The molecule has 1 saturated heterocycles. The topological polar surface area (TPSA) is 75.7 Å². The van der Waals surface area contributed by atoms with Crippen LogP contribution in [0.4, 0.5) is 18.9 Å². The fraction of sp³-hybridized carbons (Fsp3) is 0.250. The number of ether oxygens (including phenoxy) is 1. The van der Waals surface area contributed by atoms with Gasteiger partial charge < -0.3 is 10.1 Å². The lowest BCUT2D eigenvalue weighted by molar-refractivity contribution is -0.144. The van der Waals surface area contributed by atoms with Crippen molar-refractivity contribution in [1.82, 2.24) is 4.90 Å². The zero-order valence-corrected chi connectivity index (χ0v) is 16.0. The van der Waals surface area contributed by atoms with Gasteiger partial charge in [0, 0.05) is 12.0 Å². The Labute approximate surface area is 173 Å². The van der Waals surface area contributed by atoms with Gasteiger partial charge in [0.15, 0.2) is 0 Å². The zero-order chi connectivity index (χ0) is 21.6. The molecule has 2 heterocycles. The summed E-state index contributed by atoms with van der Waals surface area (Å²) in [5.41, 5.74) is -0.449. The molecule has 0 aliphatic carbocycles. The van der Waals surface area contributed by atoms with Gasteiger partial charge in [-0.25, -0.2) is 4.79 Å². The molecule has 1 fully saturated rings. The van der Waals surface area contributed by atoms with Gasteiger partial charge in [0.1, 0.15) is 6.04 Å². The molecule has 4 rings (SSSR count). The molecule has 156 valence electrons. The van der Waals surface area contributed by atoms with Gasteiger partial charge in [-0.3, -0.25) is 14.5 Å². The third-order valence-electron chi connectivity index (χ3n) is 5.03. The molecule has 30 heavy (non-hydrogen) atoms. The number of halogens is 4. The number of rotatable bonds is 3. The van der Waals surface area contributed by atoms with Crippen LogP contribution in [-0.4, -0.2) is 28.7 Å². The van der Waals surface area contributed by atoms with Gasteiger partial charge >= 0.3 is 12.1 Å². The highest BCUT2D eigenvalue weighted by molar-refractivity contribution is 6.33. The second-order valence-corrected chi connectivity index (χ2v) is 7.29. The van der Waals surface area contributed by atoms with E-state index >= 15 is 0 Å². The van der Waals surface area contributed by atoms with E-state index in [-0.39, 0.29) is 23.6 Å². The number of likely N-dealkylation sites (tertiary alicyclic amines) is 1. The summed E-state index contributed by atoms with van der Waals surface area (Å²) in [5.74, 6) is -1.74. The molecule has 10 heteroatoms. The van der Waals surface area contributed by atoms with Gasteiger partial charge in [0.2, 0.25) is 18.0 Å². The van der Waals surface area contributed by atoms with Crippen LogP contribution in [0.2, 0.25) is 5.02 Å². The Morgan fingerprint density at radius 1 is 1.17 bits per heavy atom. The summed E-state index contributed by atoms with van der Waals surface area (Å²) in [5, 5.41) is 2.29. The summed E-state index contributed by atoms with van der Waals surface area (Å²) < 4.78 is 44.2. The van der Waals surface area contributed by atoms with E-state index in [2.05, 4.69) is 5.32 Å². The Morgan fingerprint density at radius 2 is 1.90 bits per heavy atom. The normalized spacial score (nSPS) is 20.9. The van der Waals surface area contributed by atoms with Crippen molar-refractivity contribution in [2.75, 3.05) is 5.32 Å². The average Bonchev–Trinajstić information content (AvgIpc) is 3.23. The molecule has 0 radical (unpaired) electrons. The number of cyclic esters (lactones) is 1. The Balaban J connectivity index is 1.61. The number of carbonyl (C=O) groups is 3. The van der Waals surface area contributed by atoms with Gasteiger partial charge in [0.05, 0.1) is 21.8 Å². The van der Waals surface area contributed by atoms with Crippen molar-refractivity contribution in [3.05, 3.63) is 64.2 Å². The highest BCUT2D eigenvalue weighted by atomic mass is 35.5. The lowest BCUT2D eigenvalue weighted by atomic mass is 10.1. The number of hydrogen-bond acceptors (Lipinski definition) is 4. The minimum atomic E-state index is -4.61. The van der Waals surface area contributed by atoms with Crippen molar-refractivity contribution < 1.29 is 32.3 Å². The van der Waals surface area contributed by atoms with Crippen molar-refractivity contribution in [2.24, 2.45) is 0 Å². The Kier molecular flexibility index (Phi) is 4.93. The number of nitrogens with zero attached hydrogens (tertiary/aromatic N) is 1. The van der Waals surface area contributed by atoms with E-state index in [1.165, 1.54) is 0 Å². The van der Waals surface area contributed by atoms with Crippen LogP contribution in [0.15, 0.2) is 42.5 Å². The van der Waals surface area contributed by atoms with Crippen LogP contribution in [0.5, 0.6) is 0 Å².